The number of para-hydroxylation sites is 1. The molecule has 0 aliphatic rings. The predicted molar refractivity (Wildman–Crippen MR) is 146 cm³/mol. The molecule has 0 atom stereocenters. The second kappa shape index (κ2) is 12.4. The Morgan fingerprint density at radius 3 is 2.24 bits per heavy atom. The van der Waals surface area contributed by atoms with Gasteiger partial charge < -0.3 is 9.47 Å². The number of aryl methyl sites for hydroxylation is 2. The van der Waals surface area contributed by atoms with Crippen LogP contribution in [0.4, 0.5) is 5.69 Å². The van der Waals surface area contributed by atoms with E-state index in [1.807, 2.05) is 39.0 Å². The molecule has 0 aliphatic carbocycles. The highest BCUT2D eigenvalue weighted by atomic mass is 32.2. The molecule has 0 fully saturated rings. The summed E-state index contributed by atoms with van der Waals surface area (Å²) in [5.41, 5.74) is 6.11. The largest absolute Gasteiger partial charge is 0.493 e. The van der Waals surface area contributed by atoms with Crippen LogP contribution in [0.15, 0.2) is 76.7 Å². The minimum Gasteiger partial charge on any atom is -0.493 e. The SMILES string of the molecule is CC/C(=N\NC(=O)CN(c1ccccc1CC)S(=O)(=O)c1ccc(C)cc1)c1ccc(OC)c(OC)c1. The fraction of sp³-hybridized carbons (Fsp3) is 0.286. The number of amides is 1. The Morgan fingerprint density at radius 1 is 0.946 bits per heavy atom. The Bertz CT molecular complexity index is 1370. The molecule has 8 nitrogen and oxygen atoms in total. The summed E-state index contributed by atoms with van der Waals surface area (Å²) in [4.78, 5) is 13.2. The molecule has 0 aliphatic heterocycles. The first kappa shape index (κ1) is 27.7. The van der Waals surface area contributed by atoms with E-state index in [1.165, 1.54) is 0 Å². The summed E-state index contributed by atoms with van der Waals surface area (Å²) < 4.78 is 39.2. The van der Waals surface area contributed by atoms with Crippen molar-refractivity contribution in [3.63, 3.8) is 0 Å². The lowest BCUT2D eigenvalue weighted by atomic mass is 10.1. The Kier molecular flexibility index (Phi) is 9.30. The van der Waals surface area contributed by atoms with Crippen molar-refractivity contribution < 1.29 is 22.7 Å². The Labute approximate surface area is 219 Å². The molecule has 37 heavy (non-hydrogen) atoms. The molecule has 0 unspecified atom stereocenters. The summed E-state index contributed by atoms with van der Waals surface area (Å²) in [6, 6.07) is 19.1. The molecule has 9 heteroatoms. The minimum absolute atomic E-state index is 0.111. The van der Waals surface area contributed by atoms with Crippen LogP contribution in [-0.2, 0) is 21.2 Å². The van der Waals surface area contributed by atoms with Gasteiger partial charge in [-0.3, -0.25) is 9.10 Å². The highest BCUT2D eigenvalue weighted by molar-refractivity contribution is 7.92. The van der Waals surface area contributed by atoms with Crippen molar-refractivity contribution in [3.05, 3.63) is 83.4 Å². The number of hydrazone groups is 1. The van der Waals surface area contributed by atoms with Crippen LogP contribution in [-0.4, -0.2) is 40.8 Å². The van der Waals surface area contributed by atoms with Crippen molar-refractivity contribution in [2.45, 2.75) is 38.5 Å². The van der Waals surface area contributed by atoms with Crippen LogP contribution in [0.5, 0.6) is 11.5 Å². The quantitative estimate of drug-likeness (QED) is 0.290. The number of anilines is 1. The normalized spacial score (nSPS) is 11.6. The average molecular weight is 524 g/mol. The Morgan fingerprint density at radius 2 is 1.62 bits per heavy atom. The van der Waals surface area contributed by atoms with Crippen molar-refractivity contribution in [1.29, 1.82) is 0 Å². The van der Waals surface area contributed by atoms with Crippen LogP contribution in [0.3, 0.4) is 0 Å². The van der Waals surface area contributed by atoms with E-state index in [4.69, 9.17) is 9.47 Å². The van der Waals surface area contributed by atoms with E-state index in [0.717, 1.165) is 21.0 Å². The van der Waals surface area contributed by atoms with Crippen LogP contribution >= 0.6 is 0 Å². The zero-order valence-corrected chi connectivity index (χ0v) is 22.6. The van der Waals surface area contributed by atoms with Gasteiger partial charge in [0.1, 0.15) is 6.54 Å². The zero-order valence-electron chi connectivity index (χ0n) is 21.8. The van der Waals surface area contributed by atoms with Crippen molar-refractivity contribution in [2.24, 2.45) is 5.10 Å². The van der Waals surface area contributed by atoms with Crippen LogP contribution in [0.1, 0.15) is 37.0 Å². The topological polar surface area (TPSA) is 97.3 Å². The number of rotatable bonds is 11. The van der Waals surface area contributed by atoms with E-state index < -0.39 is 22.5 Å². The van der Waals surface area contributed by atoms with Crippen molar-refractivity contribution in [2.75, 3.05) is 25.1 Å². The predicted octanol–water partition coefficient (Wildman–Crippen LogP) is 4.70. The maximum absolute atomic E-state index is 13.7. The maximum atomic E-state index is 13.7. The van der Waals surface area contributed by atoms with Crippen molar-refractivity contribution in [3.8, 4) is 11.5 Å². The molecule has 0 heterocycles. The van der Waals surface area contributed by atoms with Gasteiger partial charge in [0.2, 0.25) is 0 Å². The molecule has 196 valence electrons. The van der Waals surface area contributed by atoms with Crippen LogP contribution in [0.25, 0.3) is 0 Å². The summed E-state index contributed by atoms with van der Waals surface area (Å²) in [7, 11) is -0.918. The zero-order chi connectivity index (χ0) is 27.0. The molecule has 3 aromatic rings. The molecule has 0 aromatic heterocycles. The minimum atomic E-state index is -4.02. The molecule has 3 aromatic carbocycles. The standard InChI is InChI=1S/C28H33N3O5S/c1-6-21-10-8-9-11-25(21)31(37(33,34)23-15-12-20(3)13-16-23)19-28(32)30-29-24(7-2)22-14-17-26(35-4)27(18-22)36-5/h8-18H,6-7,19H2,1-5H3,(H,30,32)/b29-24+. The second-order valence-electron chi connectivity index (χ2n) is 8.32. The summed E-state index contributed by atoms with van der Waals surface area (Å²) in [6.45, 7) is 5.30. The van der Waals surface area contributed by atoms with Gasteiger partial charge in [-0.15, -0.1) is 0 Å². The number of carbonyl (C=O) groups is 1. The number of nitrogens with zero attached hydrogens (tertiary/aromatic N) is 2. The van der Waals surface area contributed by atoms with Gasteiger partial charge >= 0.3 is 0 Å². The fourth-order valence-corrected chi connectivity index (χ4v) is 5.31. The average Bonchev–Trinajstić information content (AvgIpc) is 2.92. The van der Waals surface area contributed by atoms with Crippen molar-refractivity contribution in [1.82, 2.24) is 5.43 Å². The molecule has 0 saturated heterocycles. The van der Waals surface area contributed by atoms with Gasteiger partial charge in [0.25, 0.3) is 15.9 Å². The summed E-state index contributed by atoms with van der Waals surface area (Å²) in [6.07, 6.45) is 1.13. The summed E-state index contributed by atoms with van der Waals surface area (Å²) in [5, 5.41) is 4.30. The number of nitrogens with one attached hydrogen (secondary N) is 1. The van der Waals surface area contributed by atoms with Gasteiger partial charge in [0.05, 0.1) is 30.5 Å². The molecule has 1 amide bonds. The monoisotopic (exact) mass is 523 g/mol. The third kappa shape index (κ3) is 6.48. The third-order valence-electron chi connectivity index (χ3n) is 5.90. The number of methoxy groups -OCH3 is 2. The number of ether oxygens (including phenoxy) is 2. The first-order valence-electron chi connectivity index (χ1n) is 12.0. The maximum Gasteiger partial charge on any atom is 0.264 e. The lowest BCUT2D eigenvalue weighted by Crippen LogP contribution is -2.40. The molecule has 0 saturated carbocycles. The molecular formula is C28H33N3O5S. The molecule has 3 rings (SSSR count). The lowest BCUT2D eigenvalue weighted by Gasteiger charge is -2.26. The second-order valence-corrected chi connectivity index (χ2v) is 10.2. The highest BCUT2D eigenvalue weighted by Crippen LogP contribution is 2.29. The van der Waals surface area contributed by atoms with E-state index in [9.17, 15) is 13.2 Å². The van der Waals surface area contributed by atoms with Gasteiger partial charge in [0.15, 0.2) is 11.5 Å². The molecule has 1 N–H and O–H groups in total. The Hall–Kier alpha value is -3.85. The van der Waals surface area contributed by atoms with Crippen LogP contribution in [0, 0.1) is 6.92 Å². The lowest BCUT2D eigenvalue weighted by molar-refractivity contribution is -0.119. The van der Waals surface area contributed by atoms with Crippen LogP contribution < -0.4 is 19.2 Å². The van der Waals surface area contributed by atoms with Gasteiger partial charge in [-0.25, -0.2) is 13.8 Å². The van der Waals surface area contributed by atoms with E-state index in [-0.39, 0.29) is 4.90 Å². The van der Waals surface area contributed by atoms with Gasteiger partial charge in [-0.1, -0.05) is 49.7 Å². The van der Waals surface area contributed by atoms with E-state index in [2.05, 4.69) is 10.5 Å². The van der Waals surface area contributed by atoms with E-state index >= 15 is 0 Å². The molecule has 0 bridgehead atoms. The van der Waals surface area contributed by atoms with Gasteiger partial charge in [-0.05, 0) is 61.7 Å². The van der Waals surface area contributed by atoms with Gasteiger partial charge in [0, 0.05) is 5.56 Å². The number of sulfonamides is 1. The highest BCUT2D eigenvalue weighted by Gasteiger charge is 2.28. The van der Waals surface area contributed by atoms with E-state index in [1.54, 1.807) is 62.8 Å². The van der Waals surface area contributed by atoms with Gasteiger partial charge in [-0.2, -0.15) is 5.10 Å². The van der Waals surface area contributed by atoms with E-state index in [0.29, 0.717) is 35.7 Å². The van der Waals surface area contributed by atoms with Crippen molar-refractivity contribution >= 4 is 27.3 Å². The summed E-state index contributed by atoms with van der Waals surface area (Å²) in [5.74, 6) is 0.560. The first-order chi connectivity index (χ1) is 17.7. The van der Waals surface area contributed by atoms with Crippen LogP contribution in [0.2, 0.25) is 0 Å². The first-order valence-corrected chi connectivity index (χ1v) is 13.4. The fourth-order valence-electron chi connectivity index (χ4n) is 3.85. The summed E-state index contributed by atoms with van der Waals surface area (Å²) >= 11 is 0. The third-order valence-corrected chi connectivity index (χ3v) is 7.68. The number of benzene rings is 3. The molecular weight excluding hydrogens is 490 g/mol. The number of hydrogen-bond acceptors (Lipinski definition) is 6. The smallest absolute Gasteiger partial charge is 0.264 e. The number of hydrogen-bond donors (Lipinski definition) is 1. The number of carbonyl (C=O) groups excluding carboxylic acids is 1. The molecule has 0 spiro atoms. The molecule has 0 radical (unpaired) electrons. The Balaban J connectivity index is 1.93.